The van der Waals surface area contributed by atoms with Crippen LogP contribution in [0.25, 0.3) is 0 Å². The molecule has 0 atom stereocenters. The Morgan fingerprint density at radius 1 is 1.00 bits per heavy atom. The van der Waals surface area contributed by atoms with Crippen molar-refractivity contribution in [3.63, 3.8) is 0 Å². The van der Waals surface area contributed by atoms with Crippen LogP contribution in [-0.4, -0.2) is 55.1 Å². The molecule has 3 heteroatoms. The molecule has 0 unspecified atom stereocenters. The van der Waals surface area contributed by atoms with E-state index in [1.165, 1.54) is 63.2 Å². The molecule has 1 N–H and O–H groups in total. The monoisotopic (exact) mass is 273 g/mol. The Bertz CT molecular complexity index is 401. The standard InChI is InChI=1S/C17H27N3/c1-15-2-4-16(5-3-15)14-19-10-12-20(13-11-19)17-6-8-18-9-7-17/h2-5,17-18H,6-14H2,1H3. The van der Waals surface area contributed by atoms with Crippen LogP contribution in [0.2, 0.25) is 0 Å². The lowest BCUT2D eigenvalue weighted by atomic mass is 10.0. The van der Waals surface area contributed by atoms with Crippen LogP contribution in [-0.2, 0) is 6.54 Å². The van der Waals surface area contributed by atoms with E-state index in [2.05, 4.69) is 46.3 Å². The normalized spacial score (nSPS) is 23.1. The minimum absolute atomic E-state index is 0.831. The quantitative estimate of drug-likeness (QED) is 0.907. The summed E-state index contributed by atoms with van der Waals surface area (Å²) >= 11 is 0. The van der Waals surface area contributed by atoms with Crippen molar-refractivity contribution in [2.24, 2.45) is 0 Å². The van der Waals surface area contributed by atoms with Crippen molar-refractivity contribution in [2.75, 3.05) is 39.3 Å². The third-order valence-electron chi connectivity index (χ3n) is 4.76. The minimum Gasteiger partial charge on any atom is -0.317 e. The lowest BCUT2D eigenvalue weighted by Gasteiger charge is -2.40. The number of hydrogen-bond acceptors (Lipinski definition) is 3. The van der Waals surface area contributed by atoms with Gasteiger partial charge in [-0.2, -0.15) is 0 Å². The zero-order chi connectivity index (χ0) is 13.8. The Morgan fingerprint density at radius 2 is 1.65 bits per heavy atom. The van der Waals surface area contributed by atoms with Gasteiger partial charge in [0, 0.05) is 38.8 Å². The second-order valence-corrected chi connectivity index (χ2v) is 6.28. The number of benzene rings is 1. The highest BCUT2D eigenvalue weighted by molar-refractivity contribution is 5.21. The van der Waals surface area contributed by atoms with Crippen molar-refractivity contribution >= 4 is 0 Å². The molecule has 3 rings (SSSR count). The summed E-state index contributed by atoms with van der Waals surface area (Å²) in [4.78, 5) is 5.31. The van der Waals surface area contributed by atoms with Crippen molar-refractivity contribution in [3.05, 3.63) is 35.4 Å². The van der Waals surface area contributed by atoms with Gasteiger partial charge >= 0.3 is 0 Å². The fourth-order valence-electron chi connectivity index (χ4n) is 3.41. The van der Waals surface area contributed by atoms with Gasteiger partial charge in [0.2, 0.25) is 0 Å². The van der Waals surface area contributed by atoms with Gasteiger partial charge in [0.25, 0.3) is 0 Å². The van der Waals surface area contributed by atoms with E-state index in [1.807, 2.05) is 0 Å². The average Bonchev–Trinajstić information content (AvgIpc) is 2.51. The number of piperazine rings is 1. The van der Waals surface area contributed by atoms with Gasteiger partial charge in [-0.15, -0.1) is 0 Å². The maximum atomic E-state index is 3.46. The van der Waals surface area contributed by atoms with Crippen molar-refractivity contribution in [2.45, 2.75) is 32.4 Å². The first-order chi connectivity index (χ1) is 9.81. The van der Waals surface area contributed by atoms with Gasteiger partial charge < -0.3 is 5.32 Å². The van der Waals surface area contributed by atoms with Crippen LogP contribution in [0.1, 0.15) is 24.0 Å². The fraction of sp³-hybridized carbons (Fsp3) is 0.647. The second-order valence-electron chi connectivity index (χ2n) is 6.28. The van der Waals surface area contributed by atoms with Crippen molar-refractivity contribution in [1.29, 1.82) is 0 Å². The number of rotatable bonds is 3. The first kappa shape index (κ1) is 14.1. The van der Waals surface area contributed by atoms with Gasteiger partial charge in [-0.25, -0.2) is 0 Å². The van der Waals surface area contributed by atoms with Crippen LogP contribution in [0.3, 0.4) is 0 Å². The molecule has 2 aliphatic rings. The third kappa shape index (κ3) is 3.60. The van der Waals surface area contributed by atoms with E-state index in [-0.39, 0.29) is 0 Å². The van der Waals surface area contributed by atoms with Crippen LogP contribution in [0.15, 0.2) is 24.3 Å². The number of piperidine rings is 1. The minimum atomic E-state index is 0.831. The molecule has 1 aromatic carbocycles. The zero-order valence-electron chi connectivity index (χ0n) is 12.6. The predicted molar refractivity (Wildman–Crippen MR) is 83.9 cm³/mol. The summed E-state index contributed by atoms with van der Waals surface area (Å²) in [5.74, 6) is 0. The Kier molecular flexibility index (Phi) is 4.71. The topological polar surface area (TPSA) is 18.5 Å². The van der Waals surface area contributed by atoms with Crippen LogP contribution in [0, 0.1) is 6.92 Å². The van der Waals surface area contributed by atoms with Gasteiger partial charge in [0.1, 0.15) is 0 Å². The maximum Gasteiger partial charge on any atom is 0.0234 e. The summed E-state index contributed by atoms with van der Waals surface area (Å²) in [6.45, 7) is 10.6. The highest BCUT2D eigenvalue weighted by atomic mass is 15.3. The molecule has 0 radical (unpaired) electrons. The molecule has 20 heavy (non-hydrogen) atoms. The van der Waals surface area contributed by atoms with E-state index >= 15 is 0 Å². The number of hydrogen-bond donors (Lipinski definition) is 1. The van der Waals surface area contributed by atoms with Crippen LogP contribution in [0.5, 0.6) is 0 Å². The molecule has 110 valence electrons. The van der Waals surface area contributed by atoms with Crippen LogP contribution in [0.4, 0.5) is 0 Å². The predicted octanol–water partition coefficient (Wildman–Crippen LogP) is 1.86. The van der Waals surface area contributed by atoms with Crippen molar-refractivity contribution in [3.8, 4) is 0 Å². The Morgan fingerprint density at radius 3 is 2.30 bits per heavy atom. The molecular formula is C17H27N3. The van der Waals surface area contributed by atoms with E-state index in [1.54, 1.807) is 0 Å². The lowest BCUT2D eigenvalue weighted by molar-refractivity contribution is 0.0784. The third-order valence-corrected chi connectivity index (χ3v) is 4.76. The summed E-state index contributed by atoms with van der Waals surface area (Å²) in [6.07, 6.45) is 2.66. The highest BCUT2D eigenvalue weighted by Gasteiger charge is 2.24. The Balaban J connectivity index is 1.47. The van der Waals surface area contributed by atoms with Gasteiger partial charge in [0.05, 0.1) is 0 Å². The first-order valence-corrected chi connectivity index (χ1v) is 8.04. The van der Waals surface area contributed by atoms with Gasteiger partial charge in [-0.1, -0.05) is 29.8 Å². The molecule has 2 aliphatic heterocycles. The van der Waals surface area contributed by atoms with Crippen molar-refractivity contribution < 1.29 is 0 Å². The smallest absolute Gasteiger partial charge is 0.0234 e. The van der Waals surface area contributed by atoms with Gasteiger partial charge in [-0.05, 0) is 38.4 Å². The molecule has 3 nitrogen and oxygen atoms in total. The molecule has 0 spiro atoms. The molecule has 0 amide bonds. The molecule has 0 aliphatic carbocycles. The van der Waals surface area contributed by atoms with E-state index < -0.39 is 0 Å². The molecule has 0 aromatic heterocycles. The lowest BCUT2D eigenvalue weighted by Crippen LogP contribution is -2.52. The van der Waals surface area contributed by atoms with Crippen molar-refractivity contribution in [1.82, 2.24) is 15.1 Å². The maximum absolute atomic E-state index is 3.46. The van der Waals surface area contributed by atoms with E-state index in [0.29, 0.717) is 0 Å². The molecule has 1 aromatic rings. The van der Waals surface area contributed by atoms with Crippen LogP contribution >= 0.6 is 0 Å². The average molecular weight is 273 g/mol. The summed E-state index contributed by atoms with van der Waals surface area (Å²) in [7, 11) is 0. The van der Waals surface area contributed by atoms with Gasteiger partial charge in [-0.3, -0.25) is 9.80 Å². The summed E-state index contributed by atoms with van der Waals surface area (Å²) in [5.41, 5.74) is 2.80. The SMILES string of the molecule is Cc1ccc(CN2CCN(C3CCNCC3)CC2)cc1. The first-order valence-electron chi connectivity index (χ1n) is 8.04. The van der Waals surface area contributed by atoms with E-state index in [0.717, 1.165) is 12.6 Å². The highest BCUT2D eigenvalue weighted by Crippen LogP contribution is 2.16. The van der Waals surface area contributed by atoms with E-state index in [4.69, 9.17) is 0 Å². The molecule has 2 fully saturated rings. The molecule has 2 heterocycles. The van der Waals surface area contributed by atoms with Crippen LogP contribution < -0.4 is 5.32 Å². The molecular weight excluding hydrogens is 246 g/mol. The molecule has 0 saturated carbocycles. The number of nitrogens with zero attached hydrogens (tertiary/aromatic N) is 2. The molecule has 0 bridgehead atoms. The number of nitrogens with one attached hydrogen (secondary N) is 1. The second kappa shape index (κ2) is 6.70. The largest absolute Gasteiger partial charge is 0.317 e. The molecule has 2 saturated heterocycles. The summed E-state index contributed by atoms with van der Waals surface area (Å²) in [5, 5.41) is 3.46. The summed E-state index contributed by atoms with van der Waals surface area (Å²) in [6, 6.07) is 9.82. The van der Waals surface area contributed by atoms with Gasteiger partial charge in [0.15, 0.2) is 0 Å². The Labute approximate surface area is 123 Å². The number of aryl methyl sites for hydroxylation is 1. The van der Waals surface area contributed by atoms with E-state index in [9.17, 15) is 0 Å². The fourth-order valence-corrected chi connectivity index (χ4v) is 3.41. The summed E-state index contributed by atoms with van der Waals surface area (Å²) < 4.78 is 0. The Hall–Kier alpha value is -0.900. The zero-order valence-corrected chi connectivity index (χ0v) is 12.6.